The summed E-state index contributed by atoms with van der Waals surface area (Å²) in [6.45, 7) is 0. The van der Waals surface area contributed by atoms with Gasteiger partial charge in [0.05, 0.1) is 4.90 Å². The van der Waals surface area contributed by atoms with E-state index >= 15 is 0 Å². The van der Waals surface area contributed by atoms with Crippen molar-refractivity contribution in [2.24, 2.45) is 0 Å². The van der Waals surface area contributed by atoms with E-state index in [1.807, 2.05) is 6.07 Å². The summed E-state index contributed by atoms with van der Waals surface area (Å²) in [5, 5.41) is 10.6. The molecule has 0 radical (unpaired) electrons. The molecule has 1 aliphatic rings. The van der Waals surface area contributed by atoms with E-state index in [0.717, 1.165) is 0 Å². The van der Waals surface area contributed by atoms with Gasteiger partial charge >= 0.3 is 0 Å². The summed E-state index contributed by atoms with van der Waals surface area (Å²) in [7, 11) is -4.09. The molecule has 0 saturated heterocycles. The Morgan fingerprint density at radius 3 is 1.82 bits per heavy atom. The smallest absolute Gasteiger partial charge is 0.295 e. The van der Waals surface area contributed by atoms with E-state index in [9.17, 15) is 18.3 Å². The highest BCUT2D eigenvalue weighted by Crippen LogP contribution is 2.44. The van der Waals surface area contributed by atoms with Crippen LogP contribution < -0.4 is 4.90 Å². The molecule has 1 amide bonds. The highest BCUT2D eigenvalue weighted by atomic mass is 32.2. The maximum absolute atomic E-state index is 13.4. The SMILES string of the molecule is O=C1C(O)=C(S(=O)(=O)c2ccccc2)[C@H](c2ccccc2)N1c1ccccc1. The molecule has 140 valence electrons. The molecule has 0 spiro atoms. The van der Waals surface area contributed by atoms with Crippen LogP contribution in [0.1, 0.15) is 11.6 Å². The minimum Gasteiger partial charge on any atom is -0.502 e. The van der Waals surface area contributed by atoms with Gasteiger partial charge in [-0.2, -0.15) is 0 Å². The van der Waals surface area contributed by atoms with Gasteiger partial charge in [0.15, 0.2) is 5.76 Å². The summed E-state index contributed by atoms with van der Waals surface area (Å²) < 4.78 is 26.7. The van der Waals surface area contributed by atoms with Crippen LogP contribution in [0.2, 0.25) is 0 Å². The molecule has 1 atom stereocenters. The molecular formula is C22H17NO4S. The van der Waals surface area contributed by atoms with Gasteiger partial charge in [-0.05, 0) is 29.8 Å². The number of nitrogens with zero attached hydrogens (tertiary/aromatic N) is 1. The number of aliphatic hydroxyl groups excluding tert-OH is 1. The van der Waals surface area contributed by atoms with Gasteiger partial charge in [0, 0.05) is 5.69 Å². The first-order valence-electron chi connectivity index (χ1n) is 8.68. The van der Waals surface area contributed by atoms with E-state index < -0.39 is 27.5 Å². The summed E-state index contributed by atoms with van der Waals surface area (Å²) in [6, 6.07) is 24.4. The van der Waals surface area contributed by atoms with Gasteiger partial charge < -0.3 is 5.11 Å². The first-order chi connectivity index (χ1) is 13.5. The number of anilines is 1. The number of para-hydroxylation sites is 1. The minimum atomic E-state index is -4.09. The Morgan fingerprint density at radius 2 is 1.25 bits per heavy atom. The van der Waals surface area contributed by atoms with Gasteiger partial charge in [0.1, 0.15) is 10.9 Å². The van der Waals surface area contributed by atoms with Crippen LogP contribution in [0.15, 0.2) is 107 Å². The van der Waals surface area contributed by atoms with Crippen molar-refractivity contribution < 1.29 is 18.3 Å². The van der Waals surface area contributed by atoms with Crippen molar-refractivity contribution in [2.45, 2.75) is 10.9 Å². The molecule has 0 saturated carbocycles. The van der Waals surface area contributed by atoms with Crippen LogP contribution >= 0.6 is 0 Å². The quantitative estimate of drug-likeness (QED) is 0.729. The number of hydrogen-bond donors (Lipinski definition) is 1. The van der Waals surface area contributed by atoms with E-state index in [2.05, 4.69) is 0 Å². The lowest BCUT2D eigenvalue weighted by Crippen LogP contribution is -2.31. The molecule has 0 unspecified atom stereocenters. The van der Waals surface area contributed by atoms with Crippen molar-refractivity contribution in [1.29, 1.82) is 0 Å². The normalized spacial score (nSPS) is 17.2. The zero-order valence-corrected chi connectivity index (χ0v) is 15.6. The molecule has 3 aromatic rings. The fourth-order valence-electron chi connectivity index (χ4n) is 3.38. The lowest BCUT2D eigenvalue weighted by Gasteiger charge is -2.27. The Labute approximate surface area is 163 Å². The fraction of sp³-hybridized carbons (Fsp3) is 0.0455. The van der Waals surface area contributed by atoms with Crippen molar-refractivity contribution in [3.8, 4) is 0 Å². The molecular weight excluding hydrogens is 374 g/mol. The van der Waals surface area contributed by atoms with Crippen molar-refractivity contribution in [1.82, 2.24) is 0 Å². The summed E-state index contributed by atoms with van der Waals surface area (Å²) in [6.07, 6.45) is 0. The van der Waals surface area contributed by atoms with Gasteiger partial charge in [-0.15, -0.1) is 0 Å². The maximum Gasteiger partial charge on any atom is 0.295 e. The highest BCUT2D eigenvalue weighted by molar-refractivity contribution is 7.95. The fourth-order valence-corrected chi connectivity index (χ4v) is 5.02. The van der Waals surface area contributed by atoms with Crippen LogP contribution in [0.25, 0.3) is 0 Å². The molecule has 0 fully saturated rings. The van der Waals surface area contributed by atoms with E-state index in [1.54, 1.807) is 72.8 Å². The predicted octanol–water partition coefficient (Wildman–Crippen LogP) is 4.02. The van der Waals surface area contributed by atoms with Crippen molar-refractivity contribution in [2.75, 3.05) is 4.90 Å². The molecule has 0 bridgehead atoms. The second kappa shape index (κ2) is 6.98. The zero-order chi connectivity index (χ0) is 19.7. The third-order valence-electron chi connectivity index (χ3n) is 4.65. The second-order valence-electron chi connectivity index (χ2n) is 6.35. The third kappa shape index (κ3) is 2.88. The van der Waals surface area contributed by atoms with Gasteiger partial charge in [0.2, 0.25) is 9.84 Å². The Morgan fingerprint density at radius 1 is 0.750 bits per heavy atom. The Kier molecular flexibility index (Phi) is 4.49. The minimum absolute atomic E-state index is 0.0280. The lowest BCUT2D eigenvalue weighted by molar-refractivity contribution is -0.117. The molecule has 28 heavy (non-hydrogen) atoms. The van der Waals surface area contributed by atoms with Crippen LogP contribution in [-0.2, 0) is 14.6 Å². The number of carbonyl (C=O) groups is 1. The van der Waals surface area contributed by atoms with Crippen LogP contribution in [-0.4, -0.2) is 19.4 Å². The molecule has 1 N–H and O–H groups in total. The standard InChI is InChI=1S/C22H17NO4S/c24-20-21(28(26,27)18-14-8-3-9-15-18)19(16-10-4-1-5-11-16)23(22(20)25)17-12-6-2-7-13-17/h1-15,19,24H/t19-/m0/s1. The van der Waals surface area contributed by atoms with Crippen LogP contribution in [0, 0.1) is 0 Å². The number of benzene rings is 3. The number of carbonyl (C=O) groups excluding carboxylic acids is 1. The lowest BCUT2D eigenvalue weighted by atomic mass is 10.1. The van der Waals surface area contributed by atoms with Gasteiger partial charge in [-0.1, -0.05) is 66.7 Å². The third-order valence-corrected chi connectivity index (χ3v) is 6.54. The monoisotopic (exact) mass is 391 g/mol. The van der Waals surface area contributed by atoms with E-state index in [1.165, 1.54) is 17.0 Å². The molecule has 0 aromatic heterocycles. The molecule has 6 heteroatoms. The first kappa shape index (κ1) is 18.0. The van der Waals surface area contributed by atoms with Crippen LogP contribution in [0.5, 0.6) is 0 Å². The number of rotatable bonds is 4. The summed E-state index contributed by atoms with van der Waals surface area (Å²) >= 11 is 0. The van der Waals surface area contributed by atoms with E-state index in [0.29, 0.717) is 11.3 Å². The summed E-state index contributed by atoms with van der Waals surface area (Å²) in [4.78, 5) is 14.0. The number of hydrogen-bond acceptors (Lipinski definition) is 4. The van der Waals surface area contributed by atoms with Crippen LogP contribution in [0.4, 0.5) is 5.69 Å². The largest absolute Gasteiger partial charge is 0.502 e. The number of aliphatic hydroxyl groups is 1. The zero-order valence-electron chi connectivity index (χ0n) is 14.8. The van der Waals surface area contributed by atoms with E-state index in [-0.39, 0.29) is 9.80 Å². The average molecular weight is 391 g/mol. The molecule has 1 heterocycles. The van der Waals surface area contributed by atoms with Crippen molar-refractivity contribution in [3.63, 3.8) is 0 Å². The molecule has 1 aliphatic heterocycles. The summed E-state index contributed by atoms with van der Waals surface area (Å²) in [5.41, 5.74) is 1.10. The van der Waals surface area contributed by atoms with Gasteiger partial charge in [-0.25, -0.2) is 8.42 Å². The van der Waals surface area contributed by atoms with Crippen molar-refractivity contribution >= 4 is 21.4 Å². The molecule has 5 nitrogen and oxygen atoms in total. The number of amides is 1. The summed E-state index contributed by atoms with van der Waals surface area (Å²) in [5.74, 6) is -1.49. The Bertz CT molecular complexity index is 1140. The number of sulfone groups is 1. The predicted molar refractivity (Wildman–Crippen MR) is 106 cm³/mol. The second-order valence-corrected chi connectivity index (χ2v) is 8.27. The van der Waals surface area contributed by atoms with Gasteiger partial charge in [0.25, 0.3) is 5.91 Å². The maximum atomic E-state index is 13.4. The first-order valence-corrected chi connectivity index (χ1v) is 10.2. The van der Waals surface area contributed by atoms with Crippen molar-refractivity contribution in [3.05, 3.63) is 107 Å². The van der Waals surface area contributed by atoms with Gasteiger partial charge in [-0.3, -0.25) is 9.69 Å². The molecule has 3 aromatic carbocycles. The Balaban J connectivity index is 1.95. The average Bonchev–Trinajstić information content (AvgIpc) is 3.01. The Hall–Kier alpha value is -3.38. The molecule has 0 aliphatic carbocycles. The van der Waals surface area contributed by atoms with E-state index in [4.69, 9.17) is 0 Å². The highest BCUT2D eigenvalue weighted by Gasteiger charge is 2.47. The van der Waals surface area contributed by atoms with Crippen LogP contribution in [0.3, 0.4) is 0 Å². The molecule has 4 rings (SSSR count). The topological polar surface area (TPSA) is 74.7 Å².